The molecule has 2 rings (SSSR count). The first-order valence-electron chi connectivity index (χ1n) is 7.22. The van der Waals surface area contributed by atoms with Crippen LogP contribution in [-0.4, -0.2) is 18.9 Å². The van der Waals surface area contributed by atoms with E-state index in [9.17, 15) is 4.79 Å². The molecule has 0 bridgehead atoms. The van der Waals surface area contributed by atoms with E-state index in [2.05, 4.69) is 29.9 Å². The number of ketones is 1. The lowest BCUT2D eigenvalue weighted by Crippen LogP contribution is -2.39. The summed E-state index contributed by atoms with van der Waals surface area (Å²) in [5, 5.41) is 0. The zero-order valence-corrected chi connectivity index (χ0v) is 11.9. The van der Waals surface area contributed by atoms with Crippen molar-refractivity contribution in [2.75, 3.05) is 13.2 Å². The van der Waals surface area contributed by atoms with Gasteiger partial charge in [-0.25, -0.2) is 5.43 Å². The van der Waals surface area contributed by atoms with Crippen LogP contribution in [-0.2, 0) is 11.2 Å². The monoisotopic (exact) mass is 274 g/mol. The number of unbranched alkanes of at least 4 members (excludes halogenated alkanes) is 1. The molecule has 1 aliphatic rings. The predicted molar refractivity (Wildman–Crippen MR) is 79.4 cm³/mol. The van der Waals surface area contributed by atoms with Gasteiger partial charge >= 0.3 is 0 Å². The maximum atomic E-state index is 11.3. The van der Waals surface area contributed by atoms with Gasteiger partial charge in [-0.05, 0) is 37.0 Å². The molecule has 1 aromatic carbocycles. The minimum absolute atomic E-state index is 0.124. The van der Waals surface area contributed by atoms with Crippen molar-refractivity contribution in [2.45, 2.75) is 32.6 Å². The van der Waals surface area contributed by atoms with E-state index in [1.807, 2.05) is 12.1 Å². The molecule has 2 N–H and O–H groups in total. The topological polar surface area (TPSA) is 50.4 Å². The second-order valence-electron chi connectivity index (χ2n) is 4.96. The number of allylic oxidation sites excluding steroid dienone is 1. The van der Waals surface area contributed by atoms with Gasteiger partial charge in [0.1, 0.15) is 5.75 Å². The van der Waals surface area contributed by atoms with E-state index in [1.54, 1.807) is 6.08 Å². The predicted octanol–water partition coefficient (Wildman–Crippen LogP) is 2.36. The summed E-state index contributed by atoms with van der Waals surface area (Å²) in [5.41, 5.74) is 8.09. The van der Waals surface area contributed by atoms with Crippen LogP contribution in [0.15, 0.2) is 36.0 Å². The van der Waals surface area contributed by atoms with Crippen molar-refractivity contribution in [1.82, 2.24) is 10.9 Å². The first kappa shape index (κ1) is 14.6. The van der Waals surface area contributed by atoms with Crippen LogP contribution in [0, 0.1) is 0 Å². The van der Waals surface area contributed by atoms with Gasteiger partial charge in [0.2, 0.25) is 0 Å². The number of hydrogen-bond donors (Lipinski definition) is 2. The number of aryl methyl sites for hydroxylation is 1. The second-order valence-corrected chi connectivity index (χ2v) is 4.96. The summed E-state index contributed by atoms with van der Waals surface area (Å²) < 4.78 is 5.63. The van der Waals surface area contributed by atoms with Crippen molar-refractivity contribution in [1.29, 1.82) is 0 Å². The van der Waals surface area contributed by atoms with Gasteiger partial charge in [-0.1, -0.05) is 25.5 Å². The minimum atomic E-state index is 0.124. The Morgan fingerprint density at radius 2 is 2.00 bits per heavy atom. The van der Waals surface area contributed by atoms with Crippen LogP contribution in [0.1, 0.15) is 31.7 Å². The van der Waals surface area contributed by atoms with Crippen LogP contribution in [0.5, 0.6) is 5.75 Å². The van der Waals surface area contributed by atoms with E-state index in [0.717, 1.165) is 43.7 Å². The van der Waals surface area contributed by atoms with Crippen LogP contribution in [0.25, 0.3) is 0 Å². The molecule has 0 spiro atoms. The summed E-state index contributed by atoms with van der Waals surface area (Å²) >= 11 is 0. The zero-order chi connectivity index (χ0) is 14.2. The summed E-state index contributed by atoms with van der Waals surface area (Å²) in [7, 11) is 0. The molecule has 0 aliphatic carbocycles. The maximum absolute atomic E-state index is 11.3. The molecule has 1 heterocycles. The molecule has 0 radical (unpaired) electrons. The van der Waals surface area contributed by atoms with Crippen LogP contribution in [0.4, 0.5) is 0 Å². The quantitative estimate of drug-likeness (QED) is 0.749. The molecule has 108 valence electrons. The Bertz CT molecular complexity index is 466. The Balaban J connectivity index is 1.80. The molecule has 1 aromatic rings. The number of benzene rings is 1. The van der Waals surface area contributed by atoms with E-state index < -0.39 is 0 Å². The average Bonchev–Trinajstić information content (AvgIpc) is 2.47. The Kier molecular flexibility index (Phi) is 5.62. The Morgan fingerprint density at radius 1 is 1.20 bits per heavy atom. The SMILES string of the molecule is CCCCOc1ccc(CCC2=CC(=O)CNN2)cc1. The minimum Gasteiger partial charge on any atom is -0.494 e. The van der Waals surface area contributed by atoms with Gasteiger partial charge in [0.05, 0.1) is 13.2 Å². The third-order valence-corrected chi connectivity index (χ3v) is 3.22. The Labute approximate surface area is 120 Å². The van der Waals surface area contributed by atoms with Crippen molar-refractivity contribution in [3.05, 3.63) is 41.6 Å². The number of rotatable bonds is 7. The number of ether oxygens (including phenoxy) is 1. The summed E-state index contributed by atoms with van der Waals surface area (Å²) in [4.78, 5) is 11.3. The number of hydrogen-bond acceptors (Lipinski definition) is 4. The number of hydrazine groups is 1. The van der Waals surface area contributed by atoms with E-state index in [0.29, 0.717) is 6.54 Å². The highest BCUT2D eigenvalue weighted by Gasteiger charge is 2.08. The van der Waals surface area contributed by atoms with Gasteiger partial charge in [-0.3, -0.25) is 4.79 Å². The summed E-state index contributed by atoms with van der Waals surface area (Å²) in [5.74, 6) is 1.05. The molecule has 0 aromatic heterocycles. The zero-order valence-electron chi connectivity index (χ0n) is 11.9. The van der Waals surface area contributed by atoms with Gasteiger partial charge in [-0.15, -0.1) is 0 Å². The fraction of sp³-hybridized carbons (Fsp3) is 0.438. The summed E-state index contributed by atoms with van der Waals surface area (Å²) in [6, 6.07) is 8.19. The molecule has 1 aliphatic heterocycles. The molecule has 0 atom stereocenters. The van der Waals surface area contributed by atoms with Crippen LogP contribution in [0.3, 0.4) is 0 Å². The fourth-order valence-electron chi connectivity index (χ4n) is 2.03. The summed E-state index contributed by atoms with van der Waals surface area (Å²) in [6.45, 7) is 3.30. The first-order chi connectivity index (χ1) is 9.78. The Hall–Kier alpha value is -1.81. The van der Waals surface area contributed by atoms with Crippen molar-refractivity contribution in [3.63, 3.8) is 0 Å². The van der Waals surface area contributed by atoms with E-state index in [4.69, 9.17) is 4.74 Å². The average molecular weight is 274 g/mol. The highest BCUT2D eigenvalue weighted by Crippen LogP contribution is 2.15. The third kappa shape index (κ3) is 4.70. The molecule has 0 saturated heterocycles. The van der Waals surface area contributed by atoms with Crippen molar-refractivity contribution < 1.29 is 9.53 Å². The molecule has 4 heteroatoms. The highest BCUT2D eigenvalue weighted by atomic mass is 16.5. The Morgan fingerprint density at radius 3 is 2.70 bits per heavy atom. The smallest absolute Gasteiger partial charge is 0.173 e. The van der Waals surface area contributed by atoms with Gasteiger partial charge in [0.15, 0.2) is 5.78 Å². The molecule has 4 nitrogen and oxygen atoms in total. The molecule has 20 heavy (non-hydrogen) atoms. The second kappa shape index (κ2) is 7.70. The fourth-order valence-corrected chi connectivity index (χ4v) is 2.03. The van der Waals surface area contributed by atoms with Crippen molar-refractivity contribution in [3.8, 4) is 5.75 Å². The lowest BCUT2D eigenvalue weighted by molar-refractivity contribution is -0.114. The van der Waals surface area contributed by atoms with Gasteiger partial charge < -0.3 is 10.2 Å². The van der Waals surface area contributed by atoms with Gasteiger partial charge in [-0.2, -0.15) is 0 Å². The lowest BCUT2D eigenvalue weighted by Gasteiger charge is -2.16. The third-order valence-electron chi connectivity index (χ3n) is 3.22. The van der Waals surface area contributed by atoms with Gasteiger partial charge in [0, 0.05) is 11.8 Å². The van der Waals surface area contributed by atoms with Crippen LogP contribution >= 0.6 is 0 Å². The molecule has 0 saturated carbocycles. The lowest BCUT2D eigenvalue weighted by atomic mass is 10.1. The highest BCUT2D eigenvalue weighted by molar-refractivity contribution is 5.92. The van der Waals surface area contributed by atoms with Crippen LogP contribution < -0.4 is 15.6 Å². The van der Waals surface area contributed by atoms with Crippen molar-refractivity contribution in [2.24, 2.45) is 0 Å². The van der Waals surface area contributed by atoms with Crippen molar-refractivity contribution >= 4 is 5.78 Å². The molecular formula is C16H22N2O2. The van der Waals surface area contributed by atoms with E-state index in [1.165, 1.54) is 5.56 Å². The van der Waals surface area contributed by atoms with Crippen LogP contribution in [0.2, 0.25) is 0 Å². The molecule has 0 unspecified atom stereocenters. The van der Waals surface area contributed by atoms with E-state index in [-0.39, 0.29) is 5.78 Å². The summed E-state index contributed by atoms with van der Waals surface area (Å²) in [6.07, 6.45) is 5.64. The number of nitrogens with one attached hydrogen (secondary N) is 2. The molecule has 0 fully saturated rings. The first-order valence-corrected chi connectivity index (χ1v) is 7.22. The number of carbonyl (C=O) groups excluding carboxylic acids is 1. The normalized spacial score (nSPS) is 14.7. The molecule has 0 amide bonds. The molecular weight excluding hydrogens is 252 g/mol. The van der Waals surface area contributed by atoms with E-state index >= 15 is 0 Å². The van der Waals surface area contributed by atoms with Gasteiger partial charge in [0.25, 0.3) is 0 Å². The standard InChI is InChI=1S/C16H22N2O2/c1-2-3-10-20-16-8-5-13(6-9-16)4-7-14-11-15(19)12-17-18-14/h5-6,8-9,11,17-18H,2-4,7,10,12H2,1H3. The largest absolute Gasteiger partial charge is 0.494 e. The number of carbonyl (C=O) groups is 1. The maximum Gasteiger partial charge on any atom is 0.173 e.